The van der Waals surface area contributed by atoms with Gasteiger partial charge >= 0.3 is 0 Å². The molecule has 5 atom stereocenters. The van der Waals surface area contributed by atoms with E-state index in [9.17, 15) is 20.1 Å². The number of hydrogen-bond acceptors (Lipinski definition) is 7. The molecule has 1 amide bonds. The highest BCUT2D eigenvalue weighted by Gasteiger charge is 2.43. The lowest BCUT2D eigenvalue weighted by Gasteiger charge is -2.39. The lowest BCUT2D eigenvalue weighted by molar-refractivity contribution is -0.301. The van der Waals surface area contributed by atoms with Crippen molar-refractivity contribution in [1.29, 1.82) is 0 Å². The number of aliphatic hydroxyl groups excluding tert-OH is 4. The summed E-state index contributed by atoms with van der Waals surface area (Å²) in [4.78, 5) is 10.9. The van der Waals surface area contributed by atoms with Crippen LogP contribution in [0.5, 0.6) is 0 Å². The molecule has 20 heavy (non-hydrogen) atoms. The molecule has 1 aliphatic heterocycles. The molecule has 1 fully saturated rings. The molecule has 8 heteroatoms. The fourth-order valence-corrected chi connectivity index (χ4v) is 1.76. The van der Waals surface area contributed by atoms with Crippen LogP contribution < -0.4 is 5.32 Å². The van der Waals surface area contributed by atoms with Crippen molar-refractivity contribution in [2.24, 2.45) is 0 Å². The summed E-state index contributed by atoms with van der Waals surface area (Å²) in [7, 11) is 0. The van der Waals surface area contributed by atoms with Gasteiger partial charge in [0.25, 0.3) is 0 Å². The Morgan fingerprint density at radius 2 is 2.00 bits per heavy atom. The Balaban J connectivity index is 2.31. The Morgan fingerprint density at radius 1 is 1.30 bits per heavy atom. The van der Waals surface area contributed by atoms with E-state index in [0.717, 1.165) is 6.08 Å². The molecule has 1 heterocycles. The SMILES string of the molecule is C=CC(=O)NCCCO[C@H]1O[C@H](CO)[C@@H](O)[C@H](O)[C@@H]1O. The first-order valence-corrected chi connectivity index (χ1v) is 6.33. The fraction of sp³-hybridized carbons (Fsp3) is 0.750. The Bertz CT molecular complexity index is 323. The quantitative estimate of drug-likeness (QED) is 0.259. The number of hydrogen-bond donors (Lipinski definition) is 5. The first-order valence-electron chi connectivity index (χ1n) is 6.33. The van der Waals surface area contributed by atoms with Gasteiger partial charge in [-0.15, -0.1) is 0 Å². The van der Waals surface area contributed by atoms with Crippen molar-refractivity contribution < 1.29 is 34.7 Å². The summed E-state index contributed by atoms with van der Waals surface area (Å²) >= 11 is 0. The average Bonchev–Trinajstić information content (AvgIpc) is 2.46. The van der Waals surface area contributed by atoms with Crippen LogP contribution in [-0.4, -0.2) is 76.8 Å². The summed E-state index contributed by atoms with van der Waals surface area (Å²) in [5.74, 6) is -0.294. The van der Waals surface area contributed by atoms with Gasteiger partial charge in [-0.3, -0.25) is 4.79 Å². The first kappa shape index (κ1) is 17.0. The van der Waals surface area contributed by atoms with E-state index in [2.05, 4.69) is 11.9 Å². The van der Waals surface area contributed by atoms with Gasteiger partial charge in [-0.25, -0.2) is 0 Å². The third kappa shape index (κ3) is 4.51. The molecule has 0 radical (unpaired) electrons. The van der Waals surface area contributed by atoms with Crippen molar-refractivity contribution in [3.63, 3.8) is 0 Å². The second-order valence-electron chi connectivity index (χ2n) is 4.42. The first-order chi connectivity index (χ1) is 9.51. The van der Waals surface area contributed by atoms with Gasteiger partial charge in [0.1, 0.15) is 24.4 Å². The predicted octanol–water partition coefficient (Wildman–Crippen LogP) is -2.50. The van der Waals surface area contributed by atoms with Crippen molar-refractivity contribution in [2.45, 2.75) is 37.1 Å². The van der Waals surface area contributed by atoms with E-state index in [4.69, 9.17) is 14.6 Å². The van der Waals surface area contributed by atoms with Crippen LogP contribution in [0.1, 0.15) is 6.42 Å². The standard InChI is InChI=1S/C12H21NO7/c1-2-8(15)13-4-3-5-19-12-11(18)10(17)9(16)7(6-14)20-12/h2,7,9-12,14,16-18H,1,3-6H2,(H,13,15)/t7-,9-,10+,11+,12+/m1/s1. The topological polar surface area (TPSA) is 128 Å². The number of rotatable bonds is 7. The average molecular weight is 291 g/mol. The van der Waals surface area contributed by atoms with Crippen molar-refractivity contribution in [3.05, 3.63) is 12.7 Å². The van der Waals surface area contributed by atoms with Gasteiger partial charge in [0.2, 0.25) is 5.91 Å². The van der Waals surface area contributed by atoms with Crippen LogP contribution in [0.15, 0.2) is 12.7 Å². The molecule has 1 aliphatic rings. The van der Waals surface area contributed by atoms with Crippen LogP contribution in [0, 0.1) is 0 Å². The Kier molecular flexibility index (Phi) is 7.06. The third-order valence-corrected chi connectivity index (χ3v) is 2.94. The molecule has 0 aromatic carbocycles. The second kappa shape index (κ2) is 8.30. The van der Waals surface area contributed by atoms with Gasteiger partial charge < -0.3 is 35.2 Å². The van der Waals surface area contributed by atoms with Crippen LogP contribution in [0.25, 0.3) is 0 Å². The Morgan fingerprint density at radius 3 is 2.60 bits per heavy atom. The molecule has 8 nitrogen and oxygen atoms in total. The van der Waals surface area contributed by atoms with Crippen molar-refractivity contribution in [1.82, 2.24) is 5.32 Å². The highest BCUT2D eigenvalue weighted by Crippen LogP contribution is 2.21. The fourth-order valence-electron chi connectivity index (χ4n) is 1.76. The number of carbonyl (C=O) groups excluding carboxylic acids is 1. The number of aliphatic hydroxyl groups is 4. The Hall–Kier alpha value is -1.03. The van der Waals surface area contributed by atoms with Gasteiger partial charge in [-0.05, 0) is 12.5 Å². The van der Waals surface area contributed by atoms with E-state index in [1.807, 2.05) is 0 Å². The summed E-state index contributed by atoms with van der Waals surface area (Å²) in [6, 6.07) is 0. The summed E-state index contributed by atoms with van der Waals surface area (Å²) in [5.41, 5.74) is 0. The number of ether oxygens (including phenoxy) is 2. The van der Waals surface area contributed by atoms with E-state index in [1.165, 1.54) is 0 Å². The zero-order valence-corrected chi connectivity index (χ0v) is 11.0. The van der Waals surface area contributed by atoms with Crippen LogP contribution >= 0.6 is 0 Å². The van der Waals surface area contributed by atoms with Crippen LogP contribution in [0.4, 0.5) is 0 Å². The van der Waals surface area contributed by atoms with E-state index >= 15 is 0 Å². The number of amides is 1. The minimum absolute atomic E-state index is 0.167. The maximum Gasteiger partial charge on any atom is 0.243 e. The molecule has 0 unspecified atom stereocenters. The Labute approximate surface area is 116 Å². The minimum atomic E-state index is -1.45. The summed E-state index contributed by atoms with van der Waals surface area (Å²) in [5, 5.41) is 40.3. The largest absolute Gasteiger partial charge is 0.394 e. The normalized spacial score (nSPS) is 33.7. The van der Waals surface area contributed by atoms with Crippen LogP contribution in [0.3, 0.4) is 0 Å². The van der Waals surface area contributed by atoms with Gasteiger partial charge in [0, 0.05) is 6.54 Å². The van der Waals surface area contributed by atoms with Gasteiger partial charge in [-0.1, -0.05) is 6.58 Å². The van der Waals surface area contributed by atoms with Gasteiger partial charge in [-0.2, -0.15) is 0 Å². The molecule has 0 aromatic rings. The monoisotopic (exact) mass is 291 g/mol. The smallest absolute Gasteiger partial charge is 0.243 e. The maximum atomic E-state index is 10.9. The molecule has 0 bridgehead atoms. The lowest BCUT2D eigenvalue weighted by Crippen LogP contribution is -2.59. The predicted molar refractivity (Wildman–Crippen MR) is 67.5 cm³/mol. The molecule has 0 aliphatic carbocycles. The molecule has 116 valence electrons. The molecular formula is C12H21NO7. The van der Waals surface area contributed by atoms with Crippen LogP contribution in [0.2, 0.25) is 0 Å². The lowest BCUT2D eigenvalue weighted by atomic mass is 9.99. The van der Waals surface area contributed by atoms with Gasteiger partial charge in [0.15, 0.2) is 6.29 Å². The van der Waals surface area contributed by atoms with Crippen LogP contribution in [-0.2, 0) is 14.3 Å². The van der Waals surface area contributed by atoms with E-state index in [0.29, 0.717) is 13.0 Å². The van der Waals surface area contributed by atoms with E-state index < -0.39 is 37.3 Å². The molecule has 5 N–H and O–H groups in total. The van der Waals surface area contributed by atoms with E-state index in [-0.39, 0.29) is 12.5 Å². The molecule has 0 spiro atoms. The number of carbonyl (C=O) groups is 1. The van der Waals surface area contributed by atoms with E-state index in [1.54, 1.807) is 0 Å². The summed E-state index contributed by atoms with van der Waals surface area (Å²) < 4.78 is 10.4. The highest BCUT2D eigenvalue weighted by atomic mass is 16.7. The van der Waals surface area contributed by atoms with Crippen molar-refractivity contribution >= 4 is 5.91 Å². The molecule has 1 rings (SSSR count). The van der Waals surface area contributed by atoms with Crippen molar-refractivity contribution in [3.8, 4) is 0 Å². The molecule has 1 saturated heterocycles. The second-order valence-corrected chi connectivity index (χ2v) is 4.42. The van der Waals surface area contributed by atoms with Gasteiger partial charge in [0.05, 0.1) is 13.2 Å². The summed E-state index contributed by atoms with van der Waals surface area (Å²) in [6.07, 6.45) is -4.77. The number of nitrogens with one attached hydrogen (secondary N) is 1. The van der Waals surface area contributed by atoms with Crippen molar-refractivity contribution in [2.75, 3.05) is 19.8 Å². The zero-order chi connectivity index (χ0) is 15.1. The highest BCUT2D eigenvalue weighted by molar-refractivity contribution is 5.86. The third-order valence-electron chi connectivity index (χ3n) is 2.94. The molecular weight excluding hydrogens is 270 g/mol. The summed E-state index contributed by atoms with van der Waals surface area (Å²) in [6.45, 7) is 3.33. The molecule has 0 aromatic heterocycles. The zero-order valence-electron chi connectivity index (χ0n) is 11.0. The molecule has 0 saturated carbocycles. The maximum absolute atomic E-state index is 10.9. The minimum Gasteiger partial charge on any atom is -0.394 e.